The van der Waals surface area contributed by atoms with E-state index >= 15 is 0 Å². The van der Waals surface area contributed by atoms with E-state index in [4.69, 9.17) is 0 Å². The summed E-state index contributed by atoms with van der Waals surface area (Å²) in [7, 11) is 0. The van der Waals surface area contributed by atoms with Crippen molar-refractivity contribution in [3.63, 3.8) is 0 Å². The molecule has 0 aliphatic rings. The number of rotatable bonds is 16. The lowest BCUT2D eigenvalue weighted by molar-refractivity contribution is 0.602. The molecule has 144 valence electrons. The van der Waals surface area contributed by atoms with Crippen molar-refractivity contribution in [1.82, 2.24) is 0 Å². The summed E-state index contributed by atoms with van der Waals surface area (Å²) < 4.78 is 0. The Morgan fingerprint density at radius 1 is 0.480 bits per heavy atom. The van der Waals surface area contributed by atoms with E-state index in [1.165, 1.54) is 103 Å². The quantitative estimate of drug-likeness (QED) is 0.264. The molecule has 0 unspecified atom stereocenters. The Morgan fingerprint density at radius 2 is 0.920 bits per heavy atom. The van der Waals surface area contributed by atoms with Gasteiger partial charge in [-0.2, -0.15) is 0 Å². The van der Waals surface area contributed by atoms with Crippen LogP contribution in [0.3, 0.4) is 0 Å². The lowest BCUT2D eigenvalue weighted by Crippen LogP contribution is -2.01. The highest BCUT2D eigenvalue weighted by atomic mass is 14.1. The molecule has 0 aliphatic carbocycles. The third-order valence-electron chi connectivity index (χ3n) is 5.47. The molecule has 0 atom stereocenters. The highest BCUT2D eigenvalue weighted by molar-refractivity contribution is 5.36. The lowest BCUT2D eigenvalue weighted by Gasteiger charge is -2.15. The zero-order valence-electron chi connectivity index (χ0n) is 17.5. The van der Waals surface area contributed by atoms with Crippen LogP contribution in [0.25, 0.3) is 0 Å². The van der Waals surface area contributed by atoms with Crippen LogP contribution in [-0.2, 0) is 19.3 Å². The molecule has 0 amide bonds. The van der Waals surface area contributed by atoms with Gasteiger partial charge in [0.2, 0.25) is 0 Å². The van der Waals surface area contributed by atoms with Crippen LogP contribution in [0.5, 0.6) is 0 Å². The van der Waals surface area contributed by atoms with E-state index in [-0.39, 0.29) is 0 Å². The smallest absolute Gasteiger partial charge is 0.0276 e. The molecule has 0 radical (unpaired) electrons. The Labute approximate surface area is 158 Å². The molecule has 1 aromatic rings. The molecule has 1 aromatic carbocycles. The van der Waals surface area contributed by atoms with Gasteiger partial charge < -0.3 is 0 Å². The van der Waals surface area contributed by atoms with Gasteiger partial charge in [-0.1, -0.05) is 110 Å². The first-order chi connectivity index (χ1) is 12.3. The summed E-state index contributed by atoms with van der Waals surface area (Å²) in [5.41, 5.74) is 5.01. The van der Waals surface area contributed by atoms with Crippen LogP contribution in [0.1, 0.15) is 121 Å². The van der Waals surface area contributed by atoms with Crippen LogP contribution >= 0.6 is 0 Å². The molecule has 0 heteroatoms. The van der Waals surface area contributed by atoms with E-state index in [1.54, 1.807) is 16.7 Å². The Morgan fingerprint density at radius 3 is 1.36 bits per heavy atom. The van der Waals surface area contributed by atoms with Crippen molar-refractivity contribution in [1.29, 1.82) is 0 Å². The van der Waals surface area contributed by atoms with Crippen LogP contribution in [0.15, 0.2) is 18.2 Å². The molecule has 0 spiro atoms. The topological polar surface area (TPSA) is 0 Å². The van der Waals surface area contributed by atoms with E-state index < -0.39 is 0 Å². The van der Waals surface area contributed by atoms with Gasteiger partial charge in [-0.25, -0.2) is 0 Å². The van der Waals surface area contributed by atoms with Crippen molar-refractivity contribution >= 4 is 0 Å². The number of unbranched alkanes of at least 4 members (excludes halogenated alkanes) is 10. The molecular weight excluding hydrogens is 300 g/mol. The molecule has 0 aromatic heterocycles. The van der Waals surface area contributed by atoms with Gasteiger partial charge in [0.25, 0.3) is 0 Å². The van der Waals surface area contributed by atoms with E-state index in [0.29, 0.717) is 0 Å². The van der Waals surface area contributed by atoms with Gasteiger partial charge in [-0.3, -0.25) is 0 Å². The SMILES string of the molecule is CCCCCCCCc1cccc(CCCCCCCC)c1CCC. The van der Waals surface area contributed by atoms with Crippen molar-refractivity contribution in [3.05, 3.63) is 34.9 Å². The van der Waals surface area contributed by atoms with E-state index in [9.17, 15) is 0 Å². The Balaban J connectivity index is 2.45. The standard InChI is InChI=1S/C25H44/c1-4-7-9-11-13-15-19-23-21-17-22-24(25(23)18-6-3)20-16-14-12-10-8-5-2/h17,21-22H,4-16,18-20H2,1-3H3. The van der Waals surface area contributed by atoms with Crippen LogP contribution in [0, 0.1) is 0 Å². The summed E-state index contributed by atoms with van der Waals surface area (Å²) in [6.45, 7) is 6.93. The van der Waals surface area contributed by atoms with Gasteiger partial charge in [0.05, 0.1) is 0 Å². The van der Waals surface area contributed by atoms with Gasteiger partial charge in [0.15, 0.2) is 0 Å². The maximum absolute atomic E-state index is 2.40. The molecule has 1 rings (SSSR count). The summed E-state index contributed by atoms with van der Waals surface area (Å²) in [5.74, 6) is 0. The van der Waals surface area contributed by atoms with Gasteiger partial charge in [0, 0.05) is 0 Å². The van der Waals surface area contributed by atoms with Crippen molar-refractivity contribution in [2.24, 2.45) is 0 Å². The fraction of sp³-hybridized carbons (Fsp3) is 0.760. The fourth-order valence-corrected chi connectivity index (χ4v) is 3.92. The number of benzene rings is 1. The molecule has 0 saturated heterocycles. The first-order valence-electron chi connectivity index (χ1n) is 11.4. The molecular formula is C25H44. The zero-order valence-corrected chi connectivity index (χ0v) is 17.5. The minimum absolute atomic E-state index is 1.27. The van der Waals surface area contributed by atoms with Gasteiger partial charge >= 0.3 is 0 Å². The van der Waals surface area contributed by atoms with Gasteiger partial charge in [0.1, 0.15) is 0 Å². The van der Waals surface area contributed by atoms with Crippen LogP contribution in [0.2, 0.25) is 0 Å². The number of hydrogen-bond acceptors (Lipinski definition) is 0. The Kier molecular flexibility index (Phi) is 13.8. The maximum Gasteiger partial charge on any atom is -0.0276 e. The zero-order chi connectivity index (χ0) is 18.2. The molecule has 0 fully saturated rings. The predicted octanol–water partition coefficient (Wildman–Crippen LogP) is 8.45. The summed E-state index contributed by atoms with van der Waals surface area (Å²) in [6, 6.07) is 7.13. The molecule has 0 heterocycles. The second-order valence-electron chi connectivity index (χ2n) is 7.84. The minimum atomic E-state index is 1.27. The monoisotopic (exact) mass is 344 g/mol. The second-order valence-corrected chi connectivity index (χ2v) is 7.84. The van der Waals surface area contributed by atoms with Crippen molar-refractivity contribution in [2.75, 3.05) is 0 Å². The van der Waals surface area contributed by atoms with E-state index in [0.717, 1.165) is 0 Å². The molecule has 25 heavy (non-hydrogen) atoms. The largest absolute Gasteiger partial charge is 0.0654 e. The third-order valence-corrected chi connectivity index (χ3v) is 5.47. The summed E-state index contributed by atoms with van der Waals surface area (Å²) in [4.78, 5) is 0. The van der Waals surface area contributed by atoms with Crippen LogP contribution in [0.4, 0.5) is 0 Å². The van der Waals surface area contributed by atoms with Crippen molar-refractivity contribution < 1.29 is 0 Å². The van der Waals surface area contributed by atoms with Gasteiger partial charge in [-0.05, 0) is 48.8 Å². The van der Waals surface area contributed by atoms with Crippen LogP contribution in [-0.4, -0.2) is 0 Å². The average Bonchev–Trinajstić information content (AvgIpc) is 2.63. The number of aryl methyl sites for hydroxylation is 2. The van der Waals surface area contributed by atoms with Crippen LogP contribution < -0.4 is 0 Å². The van der Waals surface area contributed by atoms with Crippen molar-refractivity contribution in [2.45, 2.75) is 124 Å². The molecule has 0 nitrogen and oxygen atoms in total. The van der Waals surface area contributed by atoms with Gasteiger partial charge in [-0.15, -0.1) is 0 Å². The first-order valence-corrected chi connectivity index (χ1v) is 11.4. The Hall–Kier alpha value is -0.780. The molecule has 0 N–H and O–H groups in total. The molecule has 0 bridgehead atoms. The highest BCUT2D eigenvalue weighted by Gasteiger charge is 2.08. The normalized spacial score (nSPS) is 11.2. The fourth-order valence-electron chi connectivity index (χ4n) is 3.92. The predicted molar refractivity (Wildman–Crippen MR) is 115 cm³/mol. The first kappa shape index (κ1) is 22.3. The van der Waals surface area contributed by atoms with E-state index in [1.807, 2.05) is 0 Å². The highest BCUT2D eigenvalue weighted by Crippen LogP contribution is 2.22. The third kappa shape index (κ3) is 10.1. The minimum Gasteiger partial charge on any atom is -0.0654 e. The summed E-state index contributed by atoms with van der Waals surface area (Å²) >= 11 is 0. The Bertz CT molecular complexity index is 384. The molecule has 0 aliphatic heterocycles. The lowest BCUT2D eigenvalue weighted by atomic mass is 9.91. The average molecular weight is 345 g/mol. The molecule has 0 saturated carbocycles. The van der Waals surface area contributed by atoms with Crippen molar-refractivity contribution in [3.8, 4) is 0 Å². The second kappa shape index (κ2) is 15.5. The summed E-state index contributed by atoms with van der Waals surface area (Å²) in [6.07, 6.45) is 21.9. The number of hydrogen-bond donors (Lipinski definition) is 0. The van der Waals surface area contributed by atoms with E-state index in [2.05, 4.69) is 39.0 Å². The summed E-state index contributed by atoms with van der Waals surface area (Å²) in [5, 5.41) is 0. The maximum atomic E-state index is 2.40.